The van der Waals surface area contributed by atoms with Gasteiger partial charge in [0.15, 0.2) is 11.6 Å². The van der Waals surface area contributed by atoms with Crippen LogP contribution in [-0.2, 0) is 4.79 Å². The van der Waals surface area contributed by atoms with Crippen molar-refractivity contribution in [2.45, 2.75) is 71.1 Å². The van der Waals surface area contributed by atoms with Crippen molar-refractivity contribution in [2.24, 2.45) is 11.3 Å². The van der Waals surface area contributed by atoms with E-state index in [1.165, 1.54) is 30.1 Å². The Morgan fingerprint density at radius 2 is 1.85 bits per heavy atom. The van der Waals surface area contributed by atoms with Crippen LogP contribution in [0.25, 0.3) is 0 Å². The summed E-state index contributed by atoms with van der Waals surface area (Å²) in [5.74, 6) is 1.04. The SMILES string of the molecule is C=C1C[C@H]2CC[C@@H]1N[C@@H]2C(=O)N1CC2(C1)CN(c1ncncc1Oc1ccc(F)cc1C(=O)N(C(C)C)C(C)C)C2. The molecule has 0 radical (unpaired) electrons. The minimum absolute atomic E-state index is 0.0428. The maximum Gasteiger partial charge on any atom is 0.258 e. The topological polar surface area (TPSA) is 90.9 Å². The summed E-state index contributed by atoms with van der Waals surface area (Å²) in [5, 5.41) is 3.53. The summed E-state index contributed by atoms with van der Waals surface area (Å²) in [6.45, 7) is 14.9. The van der Waals surface area contributed by atoms with Crippen molar-refractivity contribution in [3.05, 3.63) is 54.3 Å². The Bertz CT molecular complexity index is 1360. The van der Waals surface area contributed by atoms with Gasteiger partial charge in [0.25, 0.3) is 5.91 Å². The van der Waals surface area contributed by atoms with E-state index in [0.717, 1.165) is 45.4 Å². The van der Waals surface area contributed by atoms with Crippen LogP contribution in [0, 0.1) is 17.2 Å². The Morgan fingerprint density at radius 1 is 1.12 bits per heavy atom. The third-order valence-electron chi connectivity index (χ3n) is 9.08. The number of hydrogen-bond acceptors (Lipinski definition) is 7. The van der Waals surface area contributed by atoms with Crippen LogP contribution in [0.4, 0.5) is 10.2 Å². The van der Waals surface area contributed by atoms with Crippen molar-refractivity contribution in [3.63, 3.8) is 0 Å². The van der Waals surface area contributed by atoms with E-state index in [1.807, 2.05) is 32.6 Å². The number of hydrogen-bond donors (Lipinski definition) is 1. The smallest absolute Gasteiger partial charge is 0.258 e. The molecule has 2 bridgehead atoms. The summed E-state index contributed by atoms with van der Waals surface area (Å²) in [7, 11) is 0. The van der Waals surface area contributed by atoms with Gasteiger partial charge in [-0.1, -0.05) is 12.2 Å². The third-order valence-corrected chi connectivity index (χ3v) is 9.08. The number of fused-ring (bicyclic) bond motifs is 3. The number of piperidine rings is 2. The minimum atomic E-state index is -0.507. The standard InChI is InChI=1S/C31H39FN6O3/c1-18(2)38(19(3)4)29(39)23-11-22(32)7-9-25(23)41-26-12-33-17-34-28(26)36-13-31(14-36)15-37(16-31)30(40)27-21-6-8-24(35-27)20(5)10-21/h7,9,11-12,17-19,21,24,27,35H,5-6,8,10,13-16H2,1-4H3/t21-,24+,27+/m1/s1. The van der Waals surface area contributed by atoms with Gasteiger partial charge in [-0.3, -0.25) is 14.9 Å². The van der Waals surface area contributed by atoms with E-state index in [2.05, 4.69) is 26.8 Å². The second-order valence-electron chi connectivity index (χ2n) is 12.8. The van der Waals surface area contributed by atoms with Gasteiger partial charge in [-0.2, -0.15) is 0 Å². The fourth-order valence-electron chi connectivity index (χ4n) is 7.21. The predicted molar refractivity (Wildman–Crippen MR) is 153 cm³/mol. The minimum Gasteiger partial charge on any atom is -0.451 e. The summed E-state index contributed by atoms with van der Waals surface area (Å²) < 4.78 is 20.5. The molecule has 5 aliphatic rings. The highest BCUT2D eigenvalue weighted by Gasteiger charge is 2.55. The van der Waals surface area contributed by atoms with Gasteiger partial charge in [0.05, 0.1) is 17.8 Å². The van der Waals surface area contributed by atoms with Crippen molar-refractivity contribution < 1.29 is 18.7 Å². The highest BCUT2D eigenvalue weighted by molar-refractivity contribution is 5.97. The van der Waals surface area contributed by atoms with Gasteiger partial charge in [-0.15, -0.1) is 0 Å². The number of amides is 2. The van der Waals surface area contributed by atoms with Gasteiger partial charge in [0, 0.05) is 49.7 Å². The van der Waals surface area contributed by atoms with E-state index < -0.39 is 5.82 Å². The average molecular weight is 563 g/mol. The van der Waals surface area contributed by atoms with Crippen molar-refractivity contribution >= 4 is 17.6 Å². The van der Waals surface area contributed by atoms with E-state index in [0.29, 0.717) is 17.5 Å². The average Bonchev–Trinajstić information content (AvgIpc) is 2.88. The van der Waals surface area contributed by atoms with Crippen LogP contribution < -0.4 is 15.0 Å². The maximum absolute atomic E-state index is 14.3. The van der Waals surface area contributed by atoms with Crippen molar-refractivity contribution in [1.82, 2.24) is 25.1 Å². The Kier molecular flexibility index (Phi) is 7.00. The molecule has 2 aromatic rings. The Hall–Kier alpha value is -3.53. The Morgan fingerprint density at radius 3 is 2.49 bits per heavy atom. The molecule has 4 aliphatic heterocycles. The number of anilines is 1. The third kappa shape index (κ3) is 4.96. The zero-order valence-corrected chi connectivity index (χ0v) is 24.3. The zero-order valence-electron chi connectivity index (χ0n) is 24.3. The number of carbonyl (C=O) groups excluding carboxylic acids is 2. The summed E-state index contributed by atoms with van der Waals surface area (Å²) in [6, 6.07) is 4.03. The van der Waals surface area contributed by atoms with Crippen LogP contribution in [0.15, 0.2) is 42.9 Å². The lowest BCUT2D eigenvalue weighted by Crippen LogP contribution is -2.75. The molecule has 1 aromatic heterocycles. The lowest BCUT2D eigenvalue weighted by atomic mass is 9.70. The van der Waals surface area contributed by atoms with Crippen molar-refractivity contribution in [3.8, 4) is 11.5 Å². The van der Waals surface area contributed by atoms with Gasteiger partial charge >= 0.3 is 0 Å². The molecule has 4 saturated heterocycles. The molecule has 2 amide bonds. The Balaban J connectivity index is 1.13. The van der Waals surface area contributed by atoms with E-state index in [-0.39, 0.29) is 52.7 Å². The second kappa shape index (κ2) is 10.4. The first kappa shape index (κ1) is 27.6. The van der Waals surface area contributed by atoms with Gasteiger partial charge in [0.2, 0.25) is 5.91 Å². The first-order chi connectivity index (χ1) is 19.5. The highest BCUT2D eigenvalue weighted by atomic mass is 19.1. The molecule has 7 rings (SSSR count). The largest absolute Gasteiger partial charge is 0.451 e. The number of carbonyl (C=O) groups is 2. The predicted octanol–water partition coefficient (Wildman–Crippen LogP) is 4.01. The molecule has 1 saturated carbocycles. The van der Waals surface area contributed by atoms with Crippen LogP contribution >= 0.6 is 0 Å². The van der Waals surface area contributed by atoms with Gasteiger partial charge in [-0.25, -0.2) is 14.4 Å². The van der Waals surface area contributed by atoms with E-state index in [4.69, 9.17) is 4.74 Å². The first-order valence-corrected chi connectivity index (χ1v) is 14.6. The van der Waals surface area contributed by atoms with Crippen LogP contribution in [-0.4, -0.2) is 81.9 Å². The number of ether oxygens (including phenoxy) is 1. The quantitative estimate of drug-likeness (QED) is 0.510. The van der Waals surface area contributed by atoms with E-state index in [9.17, 15) is 14.0 Å². The molecule has 3 atom stereocenters. The Labute approximate surface area is 240 Å². The normalized spacial score (nSPS) is 24.5. The number of nitrogens with one attached hydrogen (secondary N) is 1. The molecule has 10 heteroatoms. The lowest BCUT2D eigenvalue weighted by Gasteiger charge is -2.61. The first-order valence-electron chi connectivity index (χ1n) is 14.6. The van der Waals surface area contributed by atoms with Crippen LogP contribution in [0.1, 0.15) is 57.3 Å². The number of aromatic nitrogens is 2. The van der Waals surface area contributed by atoms with Gasteiger partial charge in [-0.05, 0) is 71.1 Å². The van der Waals surface area contributed by atoms with E-state index in [1.54, 1.807) is 11.1 Å². The molecule has 5 fully saturated rings. The van der Waals surface area contributed by atoms with Crippen LogP contribution in [0.5, 0.6) is 11.5 Å². The molecule has 1 N–H and O–H groups in total. The molecular weight excluding hydrogens is 523 g/mol. The molecule has 5 heterocycles. The molecule has 1 spiro atoms. The van der Waals surface area contributed by atoms with Crippen molar-refractivity contribution in [2.75, 3.05) is 31.1 Å². The number of rotatable bonds is 7. The highest BCUT2D eigenvalue weighted by Crippen LogP contribution is 2.45. The fraction of sp³-hybridized carbons (Fsp3) is 0.548. The van der Waals surface area contributed by atoms with Crippen LogP contribution in [0.2, 0.25) is 0 Å². The summed E-state index contributed by atoms with van der Waals surface area (Å²) in [6.07, 6.45) is 6.16. The summed E-state index contributed by atoms with van der Waals surface area (Å²) in [5.41, 5.74) is 1.43. The molecule has 9 nitrogen and oxygen atoms in total. The maximum atomic E-state index is 14.3. The number of likely N-dealkylation sites (tertiary alicyclic amines) is 1. The molecule has 218 valence electrons. The molecular formula is C31H39FN6O3. The summed E-state index contributed by atoms with van der Waals surface area (Å²) >= 11 is 0. The van der Waals surface area contributed by atoms with Crippen LogP contribution in [0.3, 0.4) is 0 Å². The summed E-state index contributed by atoms with van der Waals surface area (Å²) in [4.78, 5) is 41.2. The molecule has 1 aromatic carbocycles. The van der Waals surface area contributed by atoms with Crippen molar-refractivity contribution in [1.29, 1.82) is 0 Å². The van der Waals surface area contributed by atoms with E-state index >= 15 is 0 Å². The molecule has 0 unspecified atom stereocenters. The number of benzene rings is 1. The zero-order chi connectivity index (χ0) is 29.1. The number of nitrogens with zero attached hydrogens (tertiary/aromatic N) is 5. The van der Waals surface area contributed by atoms with Gasteiger partial charge < -0.3 is 19.4 Å². The molecule has 1 aliphatic carbocycles. The second-order valence-corrected chi connectivity index (χ2v) is 12.8. The lowest BCUT2D eigenvalue weighted by molar-refractivity contribution is -0.150. The van der Waals surface area contributed by atoms with Gasteiger partial charge in [0.1, 0.15) is 17.9 Å². The number of halogens is 1. The monoisotopic (exact) mass is 562 g/mol. The molecule has 41 heavy (non-hydrogen) atoms. The fourth-order valence-corrected chi connectivity index (χ4v) is 7.21.